The molecule has 1 aliphatic carbocycles. The largest absolute Gasteiger partial charge is 0.373 e. The van der Waals surface area contributed by atoms with Crippen molar-refractivity contribution in [1.29, 1.82) is 0 Å². The molecular formula is C15H21F2NO. The molecule has 19 heavy (non-hydrogen) atoms. The van der Waals surface area contributed by atoms with Crippen molar-refractivity contribution in [2.45, 2.75) is 44.2 Å². The van der Waals surface area contributed by atoms with E-state index in [0.29, 0.717) is 12.2 Å². The maximum atomic E-state index is 14.0. The Morgan fingerprint density at radius 3 is 2.58 bits per heavy atom. The third-order valence-corrected chi connectivity index (χ3v) is 3.97. The Balaban J connectivity index is 2.39. The van der Waals surface area contributed by atoms with Gasteiger partial charge in [-0.3, -0.25) is 0 Å². The molecule has 1 aromatic rings. The fourth-order valence-corrected chi connectivity index (χ4v) is 3.22. The van der Waals surface area contributed by atoms with Gasteiger partial charge in [-0.1, -0.05) is 12.8 Å². The molecule has 4 heteroatoms. The second kappa shape index (κ2) is 5.97. The lowest BCUT2D eigenvalue weighted by atomic mass is 9.86. The summed E-state index contributed by atoms with van der Waals surface area (Å²) in [5, 5.41) is 3.12. The highest BCUT2D eigenvalue weighted by atomic mass is 19.1. The molecule has 1 aliphatic rings. The molecule has 1 N–H and O–H groups in total. The average Bonchev–Trinajstić information content (AvgIpc) is 2.84. The maximum Gasteiger partial charge on any atom is 0.128 e. The minimum absolute atomic E-state index is 0.314. The van der Waals surface area contributed by atoms with Crippen LogP contribution in [0.5, 0.6) is 0 Å². The summed E-state index contributed by atoms with van der Waals surface area (Å²) in [6.45, 7) is 2.52. The van der Waals surface area contributed by atoms with Gasteiger partial charge in [0, 0.05) is 12.2 Å². The molecule has 0 amide bonds. The first-order valence-electron chi connectivity index (χ1n) is 6.89. The van der Waals surface area contributed by atoms with Gasteiger partial charge in [0.15, 0.2) is 0 Å². The van der Waals surface area contributed by atoms with Crippen LogP contribution in [0, 0.1) is 11.6 Å². The molecule has 106 valence electrons. The zero-order valence-corrected chi connectivity index (χ0v) is 11.5. The molecule has 0 heterocycles. The molecule has 1 saturated carbocycles. The highest BCUT2D eigenvalue weighted by Crippen LogP contribution is 2.43. The first kappa shape index (κ1) is 14.4. The summed E-state index contributed by atoms with van der Waals surface area (Å²) in [6.07, 6.45) is 3.88. The molecule has 0 aliphatic heterocycles. The summed E-state index contributed by atoms with van der Waals surface area (Å²) in [4.78, 5) is 0. The fraction of sp³-hybridized carbons (Fsp3) is 0.600. The average molecular weight is 269 g/mol. The Kier molecular flexibility index (Phi) is 4.53. The molecule has 1 aromatic carbocycles. The second-order valence-corrected chi connectivity index (χ2v) is 5.09. The summed E-state index contributed by atoms with van der Waals surface area (Å²) < 4.78 is 33.4. The molecule has 0 saturated heterocycles. The summed E-state index contributed by atoms with van der Waals surface area (Å²) >= 11 is 0. The standard InChI is InChI=1S/C15H21F2NO/c1-3-19-15(8-4-5-9-15)14(18-2)12-10-11(16)6-7-13(12)17/h6-7,10,14,18H,3-5,8-9H2,1-2H3. The van der Waals surface area contributed by atoms with E-state index in [-0.39, 0.29) is 11.9 Å². The topological polar surface area (TPSA) is 21.3 Å². The molecule has 1 fully saturated rings. The molecular weight excluding hydrogens is 248 g/mol. The molecule has 1 atom stereocenters. The van der Waals surface area contributed by atoms with Crippen molar-refractivity contribution in [3.8, 4) is 0 Å². The van der Waals surface area contributed by atoms with E-state index in [1.54, 1.807) is 7.05 Å². The first-order valence-corrected chi connectivity index (χ1v) is 6.89. The predicted molar refractivity (Wildman–Crippen MR) is 71.0 cm³/mol. The molecule has 1 unspecified atom stereocenters. The molecule has 0 radical (unpaired) electrons. The lowest BCUT2D eigenvalue weighted by molar-refractivity contribution is -0.0618. The summed E-state index contributed by atoms with van der Waals surface area (Å²) in [5.41, 5.74) is -0.0594. The zero-order valence-electron chi connectivity index (χ0n) is 11.5. The predicted octanol–water partition coefficient (Wildman–Crippen LogP) is 3.57. The van der Waals surface area contributed by atoms with Gasteiger partial charge >= 0.3 is 0 Å². The Morgan fingerprint density at radius 2 is 2.00 bits per heavy atom. The van der Waals surface area contributed by atoms with E-state index in [1.807, 2.05) is 6.92 Å². The van der Waals surface area contributed by atoms with Crippen molar-refractivity contribution < 1.29 is 13.5 Å². The Morgan fingerprint density at radius 1 is 1.32 bits per heavy atom. The van der Waals surface area contributed by atoms with Crippen LogP contribution in [0.2, 0.25) is 0 Å². The van der Waals surface area contributed by atoms with Crippen molar-refractivity contribution in [2.75, 3.05) is 13.7 Å². The number of ether oxygens (including phenoxy) is 1. The zero-order chi connectivity index (χ0) is 13.9. The Labute approximate surface area is 113 Å². The minimum atomic E-state index is -0.419. The Hall–Kier alpha value is -1.00. The highest BCUT2D eigenvalue weighted by Gasteiger charge is 2.43. The molecule has 0 spiro atoms. The number of hydrogen-bond donors (Lipinski definition) is 1. The number of hydrogen-bond acceptors (Lipinski definition) is 2. The van der Waals surface area contributed by atoms with Gasteiger partial charge in [0.2, 0.25) is 0 Å². The van der Waals surface area contributed by atoms with Gasteiger partial charge in [-0.15, -0.1) is 0 Å². The SMILES string of the molecule is CCOC1(C(NC)c2cc(F)ccc2F)CCCC1. The lowest BCUT2D eigenvalue weighted by Gasteiger charge is -2.37. The van der Waals surface area contributed by atoms with Crippen LogP contribution in [-0.4, -0.2) is 19.3 Å². The number of benzene rings is 1. The van der Waals surface area contributed by atoms with Crippen LogP contribution in [-0.2, 0) is 4.74 Å². The maximum absolute atomic E-state index is 14.0. The fourth-order valence-electron chi connectivity index (χ4n) is 3.22. The van der Waals surface area contributed by atoms with Crippen LogP contribution < -0.4 is 5.32 Å². The number of likely N-dealkylation sites (N-methyl/N-ethyl adjacent to an activating group) is 1. The van der Waals surface area contributed by atoms with Crippen LogP contribution in [0.1, 0.15) is 44.2 Å². The summed E-state index contributed by atoms with van der Waals surface area (Å²) in [5.74, 6) is -0.798. The van der Waals surface area contributed by atoms with Crippen molar-refractivity contribution in [2.24, 2.45) is 0 Å². The second-order valence-electron chi connectivity index (χ2n) is 5.09. The van der Waals surface area contributed by atoms with Gasteiger partial charge < -0.3 is 10.1 Å². The molecule has 2 rings (SSSR count). The van der Waals surface area contributed by atoms with E-state index in [4.69, 9.17) is 4.74 Å². The molecule has 0 aromatic heterocycles. The van der Waals surface area contributed by atoms with Crippen molar-refractivity contribution in [3.05, 3.63) is 35.4 Å². The number of rotatable bonds is 5. The van der Waals surface area contributed by atoms with Gasteiger partial charge in [-0.25, -0.2) is 8.78 Å². The number of nitrogens with one attached hydrogen (secondary N) is 1. The van der Waals surface area contributed by atoms with Gasteiger partial charge in [-0.05, 0) is 45.0 Å². The third-order valence-electron chi connectivity index (χ3n) is 3.97. The van der Waals surface area contributed by atoms with Crippen molar-refractivity contribution in [1.82, 2.24) is 5.32 Å². The normalized spacial score (nSPS) is 19.6. The van der Waals surface area contributed by atoms with Gasteiger partial charge in [0.05, 0.1) is 11.6 Å². The summed E-state index contributed by atoms with van der Waals surface area (Å²) in [7, 11) is 1.77. The minimum Gasteiger partial charge on any atom is -0.373 e. The molecule has 0 bridgehead atoms. The van der Waals surface area contributed by atoms with E-state index < -0.39 is 11.4 Å². The van der Waals surface area contributed by atoms with Gasteiger partial charge in [-0.2, -0.15) is 0 Å². The van der Waals surface area contributed by atoms with Gasteiger partial charge in [0.1, 0.15) is 11.6 Å². The van der Waals surface area contributed by atoms with E-state index in [1.165, 1.54) is 12.1 Å². The van der Waals surface area contributed by atoms with Crippen LogP contribution in [0.25, 0.3) is 0 Å². The van der Waals surface area contributed by atoms with Crippen molar-refractivity contribution in [3.63, 3.8) is 0 Å². The van der Waals surface area contributed by atoms with E-state index in [2.05, 4.69) is 5.32 Å². The van der Waals surface area contributed by atoms with Crippen molar-refractivity contribution >= 4 is 0 Å². The highest BCUT2D eigenvalue weighted by molar-refractivity contribution is 5.26. The van der Waals surface area contributed by atoms with Crippen LogP contribution in [0.3, 0.4) is 0 Å². The van der Waals surface area contributed by atoms with E-state index in [9.17, 15) is 8.78 Å². The monoisotopic (exact) mass is 269 g/mol. The van der Waals surface area contributed by atoms with Crippen LogP contribution in [0.15, 0.2) is 18.2 Å². The lowest BCUT2D eigenvalue weighted by Crippen LogP contribution is -2.43. The number of halogens is 2. The van der Waals surface area contributed by atoms with Gasteiger partial charge in [0.25, 0.3) is 0 Å². The smallest absolute Gasteiger partial charge is 0.128 e. The van der Waals surface area contributed by atoms with Crippen LogP contribution in [0.4, 0.5) is 8.78 Å². The van der Waals surface area contributed by atoms with Crippen LogP contribution >= 0.6 is 0 Å². The third kappa shape index (κ3) is 2.79. The Bertz CT molecular complexity index is 430. The summed E-state index contributed by atoms with van der Waals surface area (Å²) in [6, 6.07) is 3.29. The quantitative estimate of drug-likeness (QED) is 0.882. The molecule has 2 nitrogen and oxygen atoms in total. The van der Waals surface area contributed by atoms with E-state index in [0.717, 1.165) is 31.7 Å². The first-order chi connectivity index (χ1) is 9.13. The van der Waals surface area contributed by atoms with E-state index >= 15 is 0 Å².